The van der Waals surface area contributed by atoms with Crippen molar-refractivity contribution in [3.63, 3.8) is 0 Å². The first-order chi connectivity index (χ1) is 61.0. The molecule has 14 atom stereocenters. The number of hydrogen-bond donors (Lipinski definition) is 11. The van der Waals surface area contributed by atoms with Gasteiger partial charge in [0.15, 0.2) is 0 Å². The molecule has 7 saturated carbocycles. The molecule has 15 nitrogen and oxygen atoms in total. The molecule has 7 aliphatic rings. The van der Waals surface area contributed by atoms with Gasteiger partial charge in [0.2, 0.25) is 0 Å². The van der Waals surface area contributed by atoms with E-state index in [2.05, 4.69) is 27.9 Å². The van der Waals surface area contributed by atoms with Gasteiger partial charge in [-0.1, -0.05) is 302 Å². The van der Waals surface area contributed by atoms with Gasteiger partial charge >= 0.3 is 29.6 Å². The SMILES string of the molecule is C.CN(C)CC1CCCCC1(O)c1ccc(Cl)c(Cl)c1.CN(C)C[C@@H]1CCCC[C@@]1(O)c1ccc(Cl)c(Cl)c1.CN(C)C[C@H]1CCCC[C@]1(O)c1ccc(Cl)c(Cl)c1.CNC[C@@H]1CCCC[C@@]1(O)c1ccc(Cl)c(Cl)c1.NCC1CCCCC1(O)c1ccc(Cl)c(Cl)c1.NC[C@@H]1CCCC[C@@]1(O)c1ccc(Cl)c(Cl)c1.NC[C@H]1CCCC[C@]1(O)c1ccc(Cl)c(Cl)c1.[B-]C#N.[HH].[Na+]. The number of hydrogen-bond acceptors (Lipinski definition) is 15. The minimum absolute atomic E-state index is 0. The second-order valence-electron chi connectivity index (χ2n) is 36.7. The van der Waals surface area contributed by atoms with Gasteiger partial charge in [-0.25, -0.2) is 0 Å². The number of nitrogens with two attached hydrogens (primary N) is 3. The Hall–Kier alpha value is -1.41. The molecule has 0 heterocycles. The summed E-state index contributed by atoms with van der Waals surface area (Å²) >= 11 is 83.9. The molecule has 131 heavy (non-hydrogen) atoms. The van der Waals surface area contributed by atoms with Crippen molar-refractivity contribution in [3.8, 4) is 5.97 Å². The van der Waals surface area contributed by atoms with E-state index in [4.69, 9.17) is 185 Å². The maximum atomic E-state index is 11.1. The van der Waals surface area contributed by atoms with Gasteiger partial charge in [0.1, 0.15) is 0 Å². The molecule has 0 bridgehead atoms. The number of halogens is 14. The number of rotatable bonds is 18. The van der Waals surface area contributed by atoms with Crippen molar-refractivity contribution >= 4 is 170 Å². The molecular weight excluding hydrogens is 1960 g/mol. The van der Waals surface area contributed by atoms with Gasteiger partial charge in [-0.05, 0) is 283 Å². The van der Waals surface area contributed by atoms with E-state index >= 15 is 0 Å². The van der Waals surface area contributed by atoms with Crippen LogP contribution in [0.1, 0.15) is 228 Å². The first-order valence-corrected chi connectivity index (χ1v) is 50.4. The van der Waals surface area contributed by atoms with Gasteiger partial charge in [0.25, 0.3) is 0 Å². The van der Waals surface area contributed by atoms with Crippen LogP contribution in [0.25, 0.3) is 0 Å². The van der Waals surface area contributed by atoms with Gasteiger partial charge in [0, 0.05) is 69.0 Å². The van der Waals surface area contributed by atoms with Crippen molar-refractivity contribution in [2.75, 3.05) is 95.1 Å². The molecule has 7 aromatic rings. The zero-order chi connectivity index (χ0) is 95.4. The Balaban J connectivity index is 0.000000319. The van der Waals surface area contributed by atoms with Crippen molar-refractivity contribution in [2.45, 2.75) is 226 Å². The van der Waals surface area contributed by atoms with Crippen LogP contribution in [-0.4, -0.2) is 153 Å². The Morgan fingerprint density at radius 2 is 0.450 bits per heavy atom. The van der Waals surface area contributed by atoms with E-state index in [1.807, 2.05) is 110 Å². The molecule has 7 aliphatic carbocycles. The van der Waals surface area contributed by atoms with E-state index in [0.29, 0.717) is 90.0 Å². The first-order valence-electron chi connectivity index (χ1n) is 45.1. The van der Waals surface area contributed by atoms with Crippen molar-refractivity contribution in [1.29, 1.82) is 5.26 Å². The van der Waals surface area contributed by atoms with Crippen LogP contribution in [-0.2, 0) is 39.2 Å². The fourth-order valence-corrected chi connectivity index (χ4v) is 22.2. The van der Waals surface area contributed by atoms with Crippen LogP contribution in [0.4, 0.5) is 0 Å². The molecule has 3 radical (unpaired) electrons. The number of nitrogens with one attached hydrogen (secondary N) is 1. The van der Waals surface area contributed by atoms with Crippen molar-refractivity contribution in [3.05, 3.63) is 237 Å². The predicted octanol–water partition coefficient (Wildman–Crippen LogP) is 22.9. The normalized spacial score (nSPS) is 27.5. The Morgan fingerprint density at radius 1 is 0.305 bits per heavy atom. The third-order valence-corrected chi connectivity index (χ3v) is 32.4. The molecule has 4 unspecified atom stereocenters. The minimum Gasteiger partial charge on any atom is -0.466 e. The molecule has 0 saturated heterocycles. The Morgan fingerprint density at radius 3 is 0.595 bits per heavy atom. The molecular formula is C100H139BCl14N8NaO7. The summed E-state index contributed by atoms with van der Waals surface area (Å²) in [7, 11) is 18.3. The van der Waals surface area contributed by atoms with Crippen LogP contribution in [0, 0.1) is 52.7 Å². The average Bonchev–Trinajstić information content (AvgIpc) is 0.796. The van der Waals surface area contributed by atoms with Gasteiger partial charge in [-0.15, -0.1) is 0 Å². The average molecular weight is 2100 g/mol. The molecule has 0 aliphatic heterocycles. The summed E-state index contributed by atoms with van der Waals surface area (Å²) in [6.07, 6.45) is 27.9. The predicted molar refractivity (Wildman–Crippen MR) is 553 cm³/mol. The molecule has 723 valence electrons. The summed E-state index contributed by atoms with van der Waals surface area (Å²) < 4.78 is 0. The van der Waals surface area contributed by atoms with Gasteiger partial charge in [-0.3, -0.25) is 11.2 Å². The number of nitrogens with zero attached hydrogens (tertiary/aromatic N) is 4. The smallest absolute Gasteiger partial charge is 0.466 e. The summed E-state index contributed by atoms with van der Waals surface area (Å²) in [4.78, 5) is 6.41. The molecule has 14 N–H and O–H groups in total. The van der Waals surface area contributed by atoms with Gasteiger partial charge in [-0.2, -0.15) is 0 Å². The van der Waals surface area contributed by atoms with Crippen LogP contribution in [0.2, 0.25) is 70.3 Å². The minimum atomic E-state index is -0.846. The van der Waals surface area contributed by atoms with E-state index in [1.165, 1.54) is 31.7 Å². The summed E-state index contributed by atoms with van der Waals surface area (Å²) in [6.45, 7) is 4.96. The van der Waals surface area contributed by atoms with Crippen LogP contribution < -0.4 is 52.1 Å². The van der Waals surface area contributed by atoms with Crippen LogP contribution in [0.15, 0.2) is 127 Å². The maximum Gasteiger partial charge on any atom is 1.00 e. The third-order valence-electron chi connectivity index (χ3n) is 27.2. The number of benzene rings is 7. The first kappa shape index (κ1) is 120. The fourth-order valence-electron chi connectivity index (χ4n) is 20.1. The Labute approximate surface area is 876 Å². The van der Waals surface area contributed by atoms with E-state index in [9.17, 15) is 35.7 Å². The van der Waals surface area contributed by atoms with E-state index in [-0.39, 0.29) is 79.8 Å². The maximum absolute atomic E-state index is 11.1. The van der Waals surface area contributed by atoms with Crippen LogP contribution >= 0.6 is 162 Å². The molecule has 14 rings (SSSR count). The molecule has 7 fully saturated rings. The second-order valence-corrected chi connectivity index (χ2v) is 42.4. The van der Waals surface area contributed by atoms with Gasteiger partial charge in [0.05, 0.1) is 110 Å². The van der Waals surface area contributed by atoms with Crippen molar-refractivity contribution < 1.29 is 66.7 Å². The van der Waals surface area contributed by atoms with Gasteiger partial charge < -0.3 is 80.8 Å². The molecule has 0 spiro atoms. The second kappa shape index (κ2) is 57.0. The van der Waals surface area contributed by atoms with E-state index in [1.54, 1.807) is 66.7 Å². The quantitative estimate of drug-likeness (QED) is 0.0357. The van der Waals surface area contributed by atoms with Crippen molar-refractivity contribution in [1.82, 2.24) is 20.0 Å². The Bertz CT molecular complexity index is 4330. The number of nitriles is 1. The monoisotopic (exact) mass is 2090 g/mol. The zero-order valence-electron chi connectivity index (χ0n) is 76.4. The molecule has 31 heteroatoms. The topological polar surface area (TPSA) is 265 Å². The zero-order valence-corrected chi connectivity index (χ0v) is 89.0. The summed E-state index contributed by atoms with van der Waals surface area (Å²) in [5.41, 5.74) is 17.7. The van der Waals surface area contributed by atoms with E-state index in [0.717, 1.165) is 219 Å². The number of aliphatic hydroxyl groups is 7. The molecule has 7 aromatic carbocycles. The summed E-state index contributed by atoms with van der Waals surface area (Å²) in [5, 5.41) is 94.4. The summed E-state index contributed by atoms with van der Waals surface area (Å²) in [6, 6.07) is 38.0. The molecule has 0 amide bonds. The van der Waals surface area contributed by atoms with Crippen molar-refractivity contribution in [2.24, 2.45) is 58.6 Å². The third kappa shape index (κ3) is 32.8. The standard InChI is InChI=1S/3C15H21Cl2NO.C14H19Cl2NO.3C13H17Cl2NO.CBN.CH4.Na.H2/c3*1-18(2)10-12-5-3-4-8-15(12,19)11-6-7-13(16)14(17)9-11;1-17-9-11-4-2-3-7-14(11,18)10-5-6-12(15)13(16)8-10;3*14-11-5-4-9(7-12(11)15)13(17)6-2-1-3-10(13)8-16;2-1-3;;;/h3*6-7,9,12,19H,3-5,8,10H2,1-2H3;5-6,8,11,17-18H,2-4,7,9H2,1H3;3*4-5,7,10,17H,1-3,6,8,16H2;;1H4;;1H/q;;;;;;;-1;;+1;/t2*12-,15+;;11-,14+;2*10-,13+;;;;;/m10.010...../s1. The van der Waals surface area contributed by atoms with Crippen LogP contribution in [0.3, 0.4) is 0 Å². The fraction of sp³-hybridized carbons (Fsp3) is 0.570. The van der Waals surface area contributed by atoms with Crippen LogP contribution in [0.5, 0.6) is 0 Å². The molecule has 0 aromatic heterocycles. The summed E-state index contributed by atoms with van der Waals surface area (Å²) in [5.74, 6) is 2.53. The largest absolute Gasteiger partial charge is 1.00 e. The Kier molecular flexibility index (Phi) is 52.3. The van der Waals surface area contributed by atoms with E-state index < -0.39 is 39.2 Å².